The molecule has 0 aliphatic heterocycles. The second kappa shape index (κ2) is 29.2. The largest absolute Gasteiger partial charge is 0.477 e. The molecule has 0 saturated heterocycles. The third-order valence-electron chi connectivity index (χ3n) is 7.80. The first-order valence-corrected chi connectivity index (χ1v) is 17.9. The van der Waals surface area contributed by atoms with E-state index in [2.05, 4.69) is 38.2 Å². The molecular weight excluding hydrogens is 570 g/mol. The lowest BCUT2D eigenvalue weighted by Crippen LogP contribution is -2.50. The van der Waals surface area contributed by atoms with E-state index >= 15 is 0 Å². The number of hydrogen-bond acceptors (Lipinski definition) is 6. The highest BCUT2D eigenvalue weighted by Crippen LogP contribution is 2.12. The molecule has 2 atom stereocenters. The summed E-state index contributed by atoms with van der Waals surface area (Å²) in [5.41, 5.74) is 0. The van der Waals surface area contributed by atoms with Crippen LogP contribution >= 0.6 is 0 Å². The summed E-state index contributed by atoms with van der Waals surface area (Å²) in [6.07, 6.45) is 27.9. The fourth-order valence-electron chi connectivity index (χ4n) is 4.95. The number of aliphatic carboxylic acids is 1. The van der Waals surface area contributed by atoms with Crippen molar-refractivity contribution in [1.29, 1.82) is 0 Å². The number of esters is 2. The van der Waals surface area contributed by atoms with Crippen LogP contribution in [0.5, 0.6) is 0 Å². The summed E-state index contributed by atoms with van der Waals surface area (Å²) in [4.78, 5) is 36.6. The van der Waals surface area contributed by atoms with E-state index in [1.807, 2.05) is 21.1 Å². The lowest BCUT2D eigenvalue weighted by Gasteiger charge is -2.31. The molecule has 8 nitrogen and oxygen atoms in total. The minimum Gasteiger partial charge on any atom is -0.477 e. The topological polar surface area (TPSA) is 99.1 Å². The van der Waals surface area contributed by atoms with Crippen LogP contribution in [0.4, 0.5) is 0 Å². The third-order valence-corrected chi connectivity index (χ3v) is 7.80. The Kier molecular flexibility index (Phi) is 27.8. The van der Waals surface area contributed by atoms with E-state index in [9.17, 15) is 19.5 Å². The second-order valence-electron chi connectivity index (χ2n) is 13.1. The van der Waals surface area contributed by atoms with Gasteiger partial charge in [-0.1, -0.05) is 95.9 Å². The molecule has 0 saturated carbocycles. The highest BCUT2D eigenvalue weighted by Gasteiger charge is 2.31. The molecule has 0 aromatic carbocycles. The molecule has 0 spiro atoms. The van der Waals surface area contributed by atoms with Crippen molar-refractivity contribution >= 4 is 17.9 Å². The predicted molar refractivity (Wildman–Crippen MR) is 183 cm³/mol. The first kappa shape index (κ1) is 42.8. The average molecular weight is 639 g/mol. The summed E-state index contributed by atoms with van der Waals surface area (Å²) in [6, 6.07) is -0.613. The van der Waals surface area contributed by atoms with Crippen LogP contribution < -0.4 is 0 Å². The van der Waals surface area contributed by atoms with Gasteiger partial charge >= 0.3 is 17.9 Å². The van der Waals surface area contributed by atoms with Gasteiger partial charge in [0.1, 0.15) is 6.61 Å². The fourth-order valence-corrected chi connectivity index (χ4v) is 4.95. The lowest BCUT2D eigenvalue weighted by atomic mass is 10.1. The van der Waals surface area contributed by atoms with Crippen LogP contribution in [-0.4, -0.2) is 80.6 Å². The third kappa shape index (κ3) is 27.8. The van der Waals surface area contributed by atoms with Gasteiger partial charge in [0, 0.05) is 19.3 Å². The minimum atomic E-state index is -0.879. The molecule has 0 aliphatic rings. The van der Waals surface area contributed by atoms with Gasteiger partial charge in [0.25, 0.3) is 0 Å². The lowest BCUT2D eigenvalue weighted by molar-refractivity contribution is -0.887. The van der Waals surface area contributed by atoms with E-state index in [4.69, 9.17) is 14.2 Å². The van der Waals surface area contributed by atoms with Crippen molar-refractivity contribution in [3.8, 4) is 0 Å². The molecule has 0 bridgehead atoms. The Morgan fingerprint density at radius 1 is 0.644 bits per heavy atom. The molecule has 262 valence electrons. The van der Waals surface area contributed by atoms with Crippen molar-refractivity contribution < 1.29 is 38.2 Å². The van der Waals surface area contributed by atoms with E-state index in [1.165, 1.54) is 38.5 Å². The molecule has 0 rings (SSSR count). The van der Waals surface area contributed by atoms with Gasteiger partial charge < -0.3 is 23.8 Å². The van der Waals surface area contributed by atoms with E-state index < -0.39 is 18.1 Å². The molecule has 0 aromatic heterocycles. The molecule has 0 amide bonds. The van der Waals surface area contributed by atoms with Gasteiger partial charge in [0.15, 0.2) is 12.1 Å². The monoisotopic (exact) mass is 638 g/mol. The molecule has 1 N–H and O–H groups in total. The highest BCUT2D eigenvalue weighted by molar-refractivity contribution is 5.72. The molecule has 0 aliphatic carbocycles. The van der Waals surface area contributed by atoms with Crippen LogP contribution in [0.15, 0.2) is 24.3 Å². The first-order valence-electron chi connectivity index (χ1n) is 17.9. The Balaban J connectivity index is 4.49. The van der Waals surface area contributed by atoms with E-state index in [0.29, 0.717) is 19.3 Å². The second-order valence-corrected chi connectivity index (χ2v) is 13.1. The van der Waals surface area contributed by atoms with Gasteiger partial charge in [-0.25, -0.2) is 4.79 Å². The zero-order chi connectivity index (χ0) is 33.6. The number of nitrogens with zero attached hydrogens (tertiary/aromatic N) is 1. The molecule has 0 fully saturated rings. The predicted octanol–water partition coefficient (Wildman–Crippen LogP) is 8.57. The fraction of sp³-hybridized carbons (Fsp3) is 0.811. The standard InChI is InChI=1S/C37H67NO7/c1-6-8-10-12-14-16-18-20-22-24-26-28-36(40)45-33(31-43-30-29-34(37(41)42)38(3,4)5)32-44-35(39)27-25-23-21-19-17-15-13-11-9-7-2/h11-14,33-34H,6-10,15-32H2,1-5H3/p+1/b13-11-,14-12-. The Hall–Kier alpha value is -2.19. The molecule has 8 heteroatoms. The molecule has 45 heavy (non-hydrogen) atoms. The number of carboxylic acid groups (broad SMARTS) is 1. The van der Waals surface area contributed by atoms with Crippen LogP contribution in [-0.2, 0) is 28.6 Å². The summed E-state index contributed by atoms with van der Waals surface area (Å²) in [5.74, 6) is -1.50. The van der Waals surface area contributed by atoms with Gasteiger partial charge in [0.05, 0.1) is 34.4 Å². The summed E-state index contributed by atoms with van der Waals surface area (Å²) in [5, 5.41) is 9.55. The van der Waals surface area contributed by atoms with Crippen molar-refractivity contribution in [2.75, 3.05) is 41.0 Å². The maximum Gasteiger partial charge on any atom is 0.362 e. The smallest absolute Gasteiger partial charge is 0.362 e. The van der Waals surface area contributed by atoms with Gasteiger partial charge in [-0.15, -0.1) is 0 Å². The average Bonchev–Trinajstić information content (AvgIpc) is 2.98. The van der Waals surface area contributed by atoms with Gasteiger partial charge in [-0.05, 0) is 51.4 Å². The Morgan fingerprint density at radius 2 is 1.16 bits per heavy atom. The number of carboxylic acids is 1. The summed E-state index contributed by atoms with van der Waals surface area (Å²) in [6.45, 7) is 4.59. The van der Waals surface area contributed by atoms with Crippen molar-refractivity contribution in [3.05, 3.63) is 24.3 Å². The number of carbonyl (C=O) groups is 3. The van der Waals surface area contributed by atoms with Crippen molar-refractivity contribution in [2.24, 2.45) is 0 Å². The number of rotatable bonds is 31. The molecule has 0 radical (unpaired) electrons. The molecule has 0 heterocycles. The molecule has 2 unspecified atom stereocenters. The minimum absolute atomic E-state index is 0.0565. The van der Waals surface area contributed by atoms with E-state index in [0.717, 1.165) is 70.6 Å². The summed E-state index contributed by atoms with van der Waals surface area (Å²) >= 11 is 0. The Morgan fingerprint density at radius 3 is 1.69 bits per heavy atom. The van der Waals surface area contributed by atoms with E-state index in [-0.39, 0.29) is 36.2 Å². The maximum absolute atomic E-state index is 12.6. The first-order chi connectivity index (χ1) is 21.6. The quantitative estimate of drug-likeness (QED) is 0.0351. The van der Waals surface area contributed by atoms with Crippen molar-refractivity contribution in [2.45, 2.75) is 154 Å². The van der Waals surface area contributed by atoms with E-state index in [1.54, 1.807) is 0 Å². The number of allylic oxidation sites excluding steroid dienone is 4. The Bertz CT molecular complexity index is 803. The van der Waals surface area contributed by atoms with Crippen LogP contribution in [0.3, 0.4) is 0 Å². The molecule has 0 aromatic rings. The summed E-state index contributed by atoms with van der Waals surface area (Å²) < 4.78 is 17.1. The number of ether oxygens (including phenoxy) is 3. The highest BCUT2D eigenvalue weighted by atomic mass is 16.6. The van der Waals surface area contributed by atoms with Crippen LogP contribution in [0.25, 0.3) is 0 Å². The van der Waals surface area contributed by atoms with Gasteiger partial charge in [-0.3, -0.25) is 9.59 Å². The number of likely N-dealkylation sites (N-methyl/N-ethyl adjacent to an activating group) is 1. The normalized spacial score (nSPS) is 13.4. The van der Waals surface area contributed by atoms with Crippen molar-refractivity contribution in [3.63, 3.8) is 0 Å². The SMILES string of the molecule is CCC/C=C\CCCCCCCC(=O)OCC(COCCC(C(=O)O)[N+](C)(C)C)OC(=O)CCCCCCC/C=C\CCCC. The zero-order valence-corrected chi connectivity index (χ0v) is 29.6. The number of hydrogen-bond donors (Lipinski definition) is 1. The van der Waals surface area contributed by atoms with Crippen LogP contribution in [0.1, 0.15) is 142 Å². The number of quaternary nitrogens is 1. The molecular formula is C37H68NO7+. The Labute approximate surface area is 275 Å². The number of carbonyl (C=O) groups excluding carboxylic acids is 2. The maximum atomic E-state index is 12.6. The number of unbranched alkanes of at least 4 members (excludes halogenated alkanes) is 13. The van der Waals surface area contributed by atoms with Crippen LogP contribution in [0.2, 0.25) is 0 Å². The van der Waals surface area contributed by atoms with Crippen molar-refractivity contribution in [1.82, 2.24) is 0 Å². The van der Waals surface area contributed by atoms with Crippen LogP contribution in [0, 0.1) is 0 Å². The summed E-state index contributed by atoms with van der Waals surface area (Å²) in [7, 11) is 5.50. The van der Waals surface area contributed by atoms with Gasteiger partial charge in [0.2, 0.25) is 0 Å². The zero-order valence-electron chi connectivity index (χ0n) is 29.6. The van der Waals surface area contributed by atoms with Gasteiger partial charge in [-0.2, -0.15) is 0 Å².